The Morgan fingerprint density at radius 3 is 2.55 bits per heavy atom. The summed E-state index contributed by atoms with van der Waals surface area (Å²) in [5.74, 6) is 1.28. The van der Waals surface area contributed by atoms with E-state index in [1.165, 1.54) is 38.4 Å². The van der Waals surface area contributed by atoms with Crippen molar-refractivity contribution in [3.63, 3.8) is 0 Å². The summed E-state index contributed by atoms with van der Waals surface area (Å²) in [7, 11) is 3.70. The van der Waals surface area contributed by atoms with Gasteiger partial charge in [-0.25, -0.2) is 4.79 Å². The average molecular weight is 410 g/mol. The first-order valence-electron chi connectivity index (χ1n) is 10.7. The average Bonchev–Trinajstić information content (AvgIpc) is 3.19. The van der Waals surface area contributed by atoms with Gasteiger partial charge in [0.05, 0.1) is 7.11 Å². The zero-order valence-corrected chi connectivity index (χ0v) is 18.6. The maximum absolute atomic E-state index is 12.7. The summed E-state index contributed by atoms with van der Waals surface area (Å²) in [6.45, 7) is 4.43. The minimum atomic E-state index is -0.213. The molecular weight excluding hydrogens is 378 g/mol. The molecule has 1 aliphatic carbocycles. The third-order valence-corrected chi connectivity index (χ3v) is 7.73. The van der Waals surface area contributed by atoms with Crippen LogP contribution in [0, 0.1) is 11.8 Å². The lowest BCUT2D eigenvalue weighted by Crippen LogP contribution is -2.31. The summed E-state index contributed by atoms with van der Waals surface area (Å²) in [5, 5.41) is 0. The highest BCUT2D eigenvalue weighted by atomic mass is 32.1. The number of nitrogens with zero attached hydrogens (tertiary/aromatic N) is 1. The second-order valence-electron chi connectivity index (χ2n) is 8.66. The van der Waals surface area contributed by atoms with Crippen LogP contribution >= 0.6 is 11.3 Å². The maximum atomic E-state index is 12.7. The van der Waals surface area contributed by atoms with Gasteiger partial charge in [-0.3, -0.25) is 0 Å². The van der Waals surface area contributed by atoms with E-state index in [0.717, 1.165) is 46.3 Å². The lowest BCUT2D eigenvalue weighted by atomic mass is 9.75. The summed E-state index contributed by atoms with van der Waals surface area (Å²) in [6.07, 6.45) is 6.18. The molecule has 2 aliphatic rings. The summed E-state index contributed by atoms with van der Waals surface area (Å²) in [5.41, 5.74) is 5.24. The van der Waals surface area contributed by atoms with Crippen molar-refractivity contribution in [2.24, 2.45) is 11.8 Å². The largest absolute Gasteiger partial charge is 0.465 e. The fourth-order valence-corrected chi connectivity index (χ4v) is 5.93. The number of carbonyl (C=O) groups excluding carboxylic acids is 1. The zero-order valence-electron chi connectivity index (χ0n) is 17.7. The Hall–Kier alpha value is -1.91. The molecule has 0 amide bonds. The number of thiophene rings is 1. The fraction of sp³-hybridized carbons (Fsp3) is 0.480. The van der Waals surface area contributed by atoms with Crippen molar-refractivity contribution in [3.8, 4) is 10.4 Å². The van der Waals surface area contributed by atoms with Crippen molar-refractivity contribution in [2.75, 3.05) is 27.2 Å². The molecular formula is C25H31NO2S. The van der Waals surface area contributed by atoms with Gasteiger partial charge >= 0.3 is 5.97 Å². The van der Waals surface area contributed by atoms with Crippen molar-refractivity contribution in [2.45, 2.75) is 39.0 Å². The van der Waals surface area contributed by atoms with E-state index in [2.05, 4.69) is 49.2 Å². The summed E-state index contributed by atoms with van der Waals surface area (Å²) in [6, 6.07) is 12.6. The van der Waals surface area contributed by atoms with E-state index in [1.54, 1.807) is 16.9 Å². The minimum Gasteiger partial charge on any atom is -0.465 e. The third-order valence-electron chi connectivity index (χ3n) is 6.57. The first-order chi connectivity index (χ1) is 14.1. The Bertz CT molecular complexity index is 891. The molecule has 1 fully saturated rings. The molecule has 0 unspecified atom stereocenters. The number of esters is 1. The Morgan fingerprint density at radius 1 is 1.14 bits per heavy atom. The summed E-state index contributed by atoms with van der Waals surface area (Å²) < 4.78 is 5.17. The molecule has 0 N–H and O–H groups in total. The number of ether oxygens (including phenoxy) is 1. The van der Waals surface area contributed by atoms with E-state index in [-0.39, 0.29) is 5.97 Å². The molecule has 0 spiro atoms. The SMILES string of the molecule is COC(=O)c1sc(-c2ccccc2)cc1C1=C(C2CCC(C)CC2)CN(C)CC1. The van der Waals surface area contributed by atoms with Crippen molar-refractivity contribution in [3.05, 3.63) is 52.4 Å². The minimum absolute atomic E-state index is 0.213. The number of hydrogen-bond acceptors (Lipinski definition) is 4. The third kappa shape index (κ3) is 4.34. The van der Waals surface area contributed by atoms with Gasteiger partial charge in [0.2, 0.25) is 0 Å². The molecule has 0 atom stereocenters. The second kappa shape index (κ2) is 8.85. The lowest BCUT2D eigenvalue weighted by molar-refractivity contribution is 0.0606. The summed E-state index contributed by atoms with van der Waals surface area (Å²) in [4.78, 5) is 17.0. The molecule has 0 radical (unpaired) electrons. The van der Waals surface area contributed by atoms with E-state index in [4.69, 9.17) is 4.74 Å². The van der Waals surface area contributed by atoms with Gasteiger partial charge in [0.1, 0.15) is 4.88 Å². The number of rotatable bonds is 4. The first-order valence-corrected chi connectivity index (χ1v) is 11.6. The molecule has 4 rings (SSSR count). The molecule has 4 heteroatoms. The Morgan fingerprint density at radius 2 is 1.86 bits per heavy atom. The van der Waals surface area contributed by atoms with Crippen molar-refractivity contribution in [1.82, 2.24) is 4.90 Å². The highest BCUT2D eigenvalue weighted by molar-refractivity contribution is 7.17. The van der Waals surface area contributed by atoms with Gasteiger partial charge in [-0.1, -0.05) is 50.1 Å². The van der Waals surface area contributed by atoms with Crippen molar-refractivity contribution in [1.29, 1.82) is 0 Å². The molecule has 3 nitrogen and oxygen atoms in total. The monoisotopic (exact) mass is 409 g/mol. The predicted molar refractivity (Wildman–Crippen MR) is 121 cm³/mol. The highest BCUT2D eigenvalue weighted by Crippen LogP contribution is 2.43. The van der Waals surface area contributed by atoms with E-state index in [9.17, 15) is 4.79 Å². The van der Waals surface area contributed by atoms with Crippen LogP contribution in [0.5, 0.6) is 0 Å². The van der Waals surface area contributed by atoms with Crippen LogP contribution in [0.25, 0.3) is 16.0 Å². The second-order valence-corrected chi connectivity index (χ2v) is 9.71. The quantitative estimate of drug-likeness (QED) is 0.570. The maximum Gasteiger partial charge on any atom is 0.348 e. The predicted octanol–water partition coefficient (Wildman–Crippen LogP) is 6.12. The van der Waals surface area contributed by atoms with Crippen LogP contribution in [0.2, 0.25) is 0 Å². The van der Waals surface area contributed by atoms with Crippen LogP contribution < -0.4 is 0 Å². The molecule has 1 saturated carbocycles. The number of hydrogen-bond donors (Lipinski definition) is 0. The number of benzene rings is 1. The highest BCUT2D eigenvalue weighted by Gasteiger charge is 2.30. The van der Waals surface area contributed by atoms with E-state index in [0.29, 0.717) is 5.92 Å². The first kappa shape index (κ1) is 20.4. The van der Waals surface area contributed by atoms with Gasteiger partial charge in [0.15, 0.2) is 0 Å². The van der Waals surface area contributed by atoms with Crippen LogP contribution in [-0.4, -0.2) is 38.1 Å². The van der Waals surface area contributed by atoms with Crippen LogP contribution in [0.4, 0.5) is 0 Å². The van der Waals surface area contributed by atoms with E-state index < -0.39 is 0 Å². The fourth-order valence-electron chi connectivity index (χ4n) is 4.82. The molecule has 2 aromatic rings. The molecule has 1 aromatic carbocycles. The smallest absolute Gasteiger partial charge is 0.348 e. The van der Waals surface area contributed by atoms with Gasteiger partial charge in [0, 0.05) is 23.5 Å². The topological polar surface area (TPSA) is 29.5 Å². The number of carbonyl (C=O) groups is 1. The van der Waals surface area contributed by atoms with Crippen LogP contribution in [0.3, 0.4) is 0 Å². The molecule has 154 valence electrons. The van der Waals surface area contributed by atoms with E-state index >= 15 is 0 Å². The van der Waals surface area contributed by atoms with Gasteiger partial charge < -0.3 is 9.64 Å². The van der Waals surface area contributed by atoms with Crippen LogP contribution in [-0.2, 0) is 4.74 Å². The van der Waals surface area contributed by atoms with Crippen LogP contribution in [0.15, 0.2) is 42.0 Å². The molecule has 29 heavy (non-hydrogen) atoms. The van der Waals surface area contributed by atoms with E-state index in [1.807, 2.05) is 6.07 Å². The Kier molecular flexibility index (Phi) is 6.21. The van der Waals surface area contributed by atoms with Gasteiger partial charge in [0.25, 0.3) is 0 Å². The van der Waals surface area contributed by atoms with Gasteiger partial charge in [-0.15, -0.1) is 11.3 Å². The number of likely N-dealkylation sites (N-methyl/N-ethyl adjacent to an activating group) is 1. The molecule has 0 bridgehead atoms. The standard InChI is InChI=1S/C25H31NO2S/c1-17-9-11-18(12-10-17)22-16-26(2)14-13-20(22)21-15-23(19-7-5-4-6-8-19)29-24(21)25(27)28-3/h4-8,15,17-18H,9-14,16H2,1-3H3. The van der Waals surface area contributed by atoms with Crippen molar-refractivity contribution < 1.29 is 9.53 Å². The van der Waals surface area contributed by atoms with Gasteiger partial charge in [-0.05, 0) is 60.9 Å². The van der Waals surface area contributed by atoms with Gasteiger partial charge in [-0.2, -0.15) is 0 Å². The molecule has 1 aliphatic heterocycles. The molecule has 1 aromatic heterocycles. The lowest BCUT2D eigenvalue weighted by Gasteiger charge is -2.35. The number of methoxy groups -OCH3 is 1. The normalized spacial score (nSPS) is 23.3. The molecule has 2 heterocycles. The Labute approximate surface area is 178 Å². The molecule has 0 saturated heterocycles. The Balaban J connectivity index is 1.80. The zero-order chi connectivity index (χ0) is 20.4. The summed E-state index contributed by atoms with van der Waals surface area (Å²) >= 11 is 1.57. The van der Waals surface area contributed by atoms with Crippen LogP contribution in [0.1, 0.15) is 54.3 Å². The van der Waals surface area contributed by atoms with Crippen molar-refractivity contribution >= 4 is 22.9 Å².